The van der Waals surface area contributed by atoms with Gasteiger partial charge in [0.15, 0.2) is 0 Å². The summed E-state index contributed by atoms with van der Waals surface area (Å²) in [7, 11) is 0. The summed E-state index contributed by atoms with van der Waals surface area (Å²) in [5, 5.41) is 9.00. The fourth-order valence-electron chi connectivity index (χ4n) is 3.67. The number of hydrogen-bond donors (Lipinski definition) is 5. The van der Waals surface area contributed by atoms with Crippen LogP contribution < -0.4 is 33.0 Å². The van der Waals surface area contributed by atoms with Gasteiger partial charge in [0.1, 0.15) is 17.7 Å². The van der Waals surface area contributed by atoms with Crippen molar-refractivity contribution in [3.8, 4) is 0 Å². The zero-order chi connectivity index (χ0) is 26.1. The van der Waals surface area contributed by atoms with Crippen molar-refractivity contribution in [1.82, 2.24) is 10.6 Å². The molecule has 0 radical (unpaired) electrons. The van der Waals surface area contributed by atoms with E-state index in [9.17, 15) is 19.2 Å². The number of benzene rings is 1. The van der Waals surface area contributed by atoms with E-state index in [0.29, 0.717) is 43.5 Å². The molecule has 2 rings (SSSR count). The van der Waals surface area contributed by atoms with Gasteiger partial charge in [-0.1, -0.05) is 13.8 Å². The number of carbonyl (C=O) groups is 3. The lowest BCUT2D eigenvalue weighted by Crippen LogP contribution is -2.55. The van der Waals surface area contributed by atoms with Crippen LogP contribution in [0.15, 0.2) is 33.5 Å². The van der Waals surface area contributed by atoms with Crippen molar-refractivity contribution >= 4 is 34.4 Å². The monoisotopic (exact) mass is 487 g/mol. The van der Waals surface area contributed by atoms with Crippen molar-refractivity contribution in [3.05, 3.63) is 40.2 Å². The Balaban J connectivity index is 2.21. The van der Waals surface area contributed by atoms with Gasteiger partial charge in [-0.15, -0.1) is 0 Å². The van der Waals surface area contributed by atoms with Crippen molar-refractivity contribution in [1.29, 1.82) is 0 Å². The van der Waals surface area contributed by atoms with Crippen molar-refractivity contribution in [3.63, 3.8) is 0 Å². The fraction of sp³-hybridized carbons (Fsp3) is 0.520. The highest BCUT2D eigenvalue weighted by molar-refractivity contribution is 5.99. The van der Waals surface area contributed by atoms with E-state index in [4.69, 9.17) is 15.9 Å². The quantitative estimate of drug-likeness (QED) is 0.223. The Morgan fingerprint density at radius 1 is 0.971 bits per heavy atom. The number of carbonyl (C=O) groups excluding carboxylic acids is 3. The summed E-state index contributed by atoms with van der Waals surface area (Å²) in [6.07, 6.45) is 2.08. The van der Waals surface area contributed by atoms with E-state index in [0.717, 1.165) is 10.9 Å². The average molecular weight is 488 g/mol. The number of hydrogen-bond acceptors (Lipinski definition) is 7. The smallest absolute Gasteiger partial charge is 0.336 e. The maximum atomic E-state index is 13.1. The highest BCUT2D eigenvalue weighted by Gasteiger charge is 2.28. The normalized spacial score (nSPS) is 13.8. The van der Waals surface area contributed by atoms with Gasteiger partial charge in [0.25, 0.3) is 0 Å². The summed E-state index contributed by atoms with van der Waals surface area (Å²) < 4.78 is 5.25. The molecule has 2 aromatic rings. The maximum Gasteiger partial charge on any atom is 0.336 e. The van der Waals surface area contributed by atoms with Gasteiger partial charge in [-0.25, -0.2) is 4.79 Å². The van der Waals surface area contributed by atoms with Crippen molar-refractivity contribution in [2.24, 2.45) is 17.4 Å². The molecule has 3 atom stereocenters. The van der Waals surface area contributed by atoms with Gasteiger partial charge < -0.3 is 31.8 Å². The van der Waals surface area contributed by atoms with Crippen LogP contribution in [0, 0.1) is 12.8 Å². The van der Waals surface area contributed by atoms with E-state index in [-0.39, 0.29) is 5.92 Å². The molecule has 7 N–H and O–H groups in total. The third kappa shape index (κ3) is 8.48. The number of unbranched alkanes of at least 4 members (excludes halogenated alkanes) is 1. The molecule has 1 aromatic carbocycles. The van der Waals surface area contributed by atoms with Gasteiger partial charge in [0.05, 0.1) is 6.04 Å². The second kappa shape index (κ2) is 13.0. The van der Waals surface area contributed by atoms with Gasteiger partial charge in [-0.2, -0.15) is 0 Å². The SMILES string of the molecule is Cc1cc(=O)oc2cc(NC(=O)[C@H](CCCCN)NC(=O)[C@H](CC(C)C)NC(=O)[C@H](C)N)ccc12. The molecule has 0 aliphatic heterocycles. The predicted octanol–water partition coefficient (Wildman–Crippen LogP) is 1.53. The summed E-state index contributed by atoms with van der Waals surface area (Å²) in [6, 6.07) is 4.00. The van der Waals surface area contributed by atoms with E-state index < -0.39 is 41.5 Å². The van der Waals surface area contributed by atoms with E-state index in [1.165, 1.54) is 13.0 Å². The van der Waals surface area contributed by atoms with Crippen LogP contribution >= 0.6 is 0 Å². The maximum absolute atomic E-state index is 13.1. The molecule has 3 amide bonds. The van der Waals surface area contributed by atoms with Crippen LogP contribution in [0.25, 0.3) is 11.0 Å². The highest BCUT2D eigenvalue weighted by Crippen LogP contribution is 2.21. The third-order valence-electron chi connectivity index (χ3n) is 5.55. The van der Waals surface area contributed by atoms with E-state index >= 15 is 0 Å². The molecule has 0 saturated carbocycles. The van der Waals surface area contributed by atoms with Gasteiger partial charge in [0.2, 0.25) is 17.7 Å². The zero-order valence-electron chi connectivity index (χ0n) is 20.9. The Hall–Kier alpha value is -3.24. The summed E-state index contributed by atoms with van der Waals surface area (Å²) >= 11 is 0. The highest BCUT2D eigenvalue weighted by atomic mass is 16.4. The molecular weight excluding hydrogens is 450 g/mol. The van der Waals surface area contributed by atoms with Gasteiger partial charge in [0, 0.05) is 23.2 Å². The molecule has 0 unspecified atom stereocenters. The molecular formula is C25H37N5O5. The number of fused-ring (bicyclic) bond motifs is 1. The zero-order valence-corrected chi connectivity index (χ0v) is 20.9. The number of nitrogens with two attached hydrogens (primary N) is 2. The second-order valence-electron chi connectivity index (χ2n) is 9.27. The minimum Gasteiger partial charge on any atom is -0.423 e. The number of rotatable bonds is 12. The topological polar surface area (TPSA) is 170 Å². The molecule has 10 heteroatoms. The first-order valence-corrected chi connectivity index (χ1v) is 11.9. The van der Waals surface area contributed by atoms with Crippen LogP contribution in [0.4, 0.5) is 5.69 Å². The molecule has 10 nitrogen and oxygen atoms in total. The molecule has 0 bridgehead atoms. The summed E-state index contributed by atoms with van der Waals surface area (Å²) in [5.41, 5.74) is 12.3. The van der Waals surface area contributed by atoms with Crippen LogP contribution in [-0.4, -0.2) is 42.4 Å². The first-order chi connectivity index (χ1) is 16.5. The number of amides is 3. The molecule has 192 valence electrons. The Morgan fingerprint density at radius 3 is 2.29 bits per heavy atom. The first-order valence-electron chi connectivity index (χ1n) is 11.9. The average Bonchev–Trinajstić information content (AvgIpc) is 2.77. The lowest BCUT2D eigenvalue weighted by molar-refractivity contribution is -0.131. The number of nitrogens with one attached hydrogen (secondary N) is 3. The molecule has 0 aliphatic carbocycles. The van der Waals surface area contributed by atoms with E-state index in [2.05, 4.69) is 16.0 Å². The van der Waals surface area contributed by atoms with Crippen LogP contribution in [-0.2, 0) is 14.4 Å². The van der Waals surface area contributed by atoms with Gasteiger partial charge >= 0.3 is 5.63 Å². The molecule has 0 saturated heterocycles. The van der Waals surface area contributed by atoms with E-state index in [1.54, 1.807) is 25.1 Å². The molecule has 0 aliphatic rings. The van der Waals surface area contributed by atoms with Crippen LogP contribution in [0.1, 0.15) is 52.0 Å². The Labute approximate surface area is 205 Å². The van der Waals surface area contributed by atoms with E-state index in [1.807, 2.05) is 13.8 Å². The number of anilines is 1. The van der Waals surface area contributed by atoms with Crippen LogP contribution in [0.5, 0.6) is 0 Å². The molecule has 35 heavy (non-hydrogen) atoms. The molecule has 1 heterocycles. The lowest BCUT2D eigenvalue weighted by atomic mass is 10.0. The van der Waals surface area contributed by atoms with Crippen LogP contribution in [0.3, 0.4) is 0 Å². The molecule has 1 aromatic heterocycles. The summed E-state index contributed by atoms with van der Waals surface area (Å²) in [4.78, 5) is 50.0. The standard InChI is InChI=1S/C25H37N5O5/c1-14(2)11-20(30-23(32)16(4)27)25(34)29-19(7-5-6-10-26)24(33)28-17-8-9-18-15(3)12-22(31)35-21(18)13-17/h8-9,12-14,16,19-20H,5-7,10-11,26-27H2,1-4H3,(H,28,33)(H,29,34)(H,30,32)/t16-,19-,20-/m0/s1. The predicted molar refractivity (Wildman–Crippen MR) is 136 cm³/mol. The van der Waals surface area contributed by atoms with Crippen molar-refractivity contribution < 1.29 is 18.8 Å². The van der Waals surface area contributed by atoms with Crippen molar-refractivity contribution in [2.75, 3.05) is 11.9 Å². The lowest BCUT2D eigenvalue weighted by Gasteiger charge is -2.25. The largest absolute Gasteiger partial charge is 0.423 e. The van der Waals surface area contributed by atoms with Crippen LogP contribution in [0.2, 0.25) is 0 Å². The minimum absolute atomic E-state index is 0.124. The van der Waals surface area contributed by atoms with Crippen molar-refractivity contribution in [2.45, 2.75) is 71.5 Å². The first kappa shape index (κ1) is 28.0. The summed E-state index contributed by atoms with van der Waals surface area (Å²) in [6.45, 7) is 7.67. The van der Waals surface area contributed by atoms with Gasteiger partial charge in [-0.05, 0) is 69.7 Å². The Kier molecular flexibility index (Phi) is 10.4. The van der Waals surface area contributed by atoms with Gasteiger partial charge in [-0.3, -0.25) is 14.4 Å². The molecule has 0 spiro atoms. The minimum atomic E-state index is -0.851. The third-order valence-corrected chi connectivity index (χ3v) is 5.55. The fourth-order valence-corrected chi connectivity index (χ4v) is 3.67. The number of aryl methyl sites for hydroxylation is 1. The molecule has 0 fully saturated rings. The summed E-state index contributed by atoms with van der Waals surface area (Å²) in [5.74, 6) is -1.20. The Morgan fingerprint density at radius 2 is 1.66 bits per heavy atom. The Bertz CT molecular complexity index is 1100. The second-order valence-corrected chi connectivity index (χ2v) is 9.27.